The maximum atomic E-state index is 3.74. The second-order valence-corrected chi connectivity index (χ2v) is 3.58. The van der Waals surface area contributed by atoms with Gasteiger partial charge < -0.3 is 0 Å². The fourth-order valence-electron chi connectivity index (χ4n) is 1.34. The first-order chi connectivity index (χ1) is 7.08. The van der Waals surface area contributed by atoms with Gasteiger partial charge in [0.2, 0.25) is 0 Å². The van der Waals surface area contributed by atoms with Gasteiger partial charge in [0.05, 0.1) is 0 Å². The Kier molecular flexibility index (Phi) is 6.44. The fourth-order valence-corrected chi connectivity index (χ4v) is 1.34. The molecule has 0 saturated heterocycles. The Hall–Kier alpha value is -1.30. The normalized spacial score (nSPS) is 15.5. The number of hydrogen-bond donors (Lipinski definition) is 0. The Morgan fingerprint density at radius 3 is 2.00 bits per heavy atom. The molecular weight excluding hydrogens is 180 g/mol. The first kappa shape index (κ1) is 13.7. The smallest absolute Gasteiger partial charge is 0.0228 e. The van der Waals surface area contributed by atoms with E-state index in [2.05, 4.69) is 52.5 Å². The van der Waals surface area contributed by atoms with Gasteiger partial charge in [0, 0.05) is 0 Å². The molecule has 0 fully saturated rings. The van der Waals surface area contributed by atoms with Gasteiger partial charge in [-0.25, -0.2) is 0 Å². The van der Waals surface area contributed by atoms with Crippen LogP contribution in [0.25, 0.3) is 0 Å². The van der Waals surface area contributed by atoms with E-state index >= 15 is 0 Å². The van der Waals surface area contributed by atoms with Crippen LogP contribution in [0.15, 0.2) is 59.3 Å². The van der Waals surface area contributed by atoms with E-state index in [0.29, 0.717) is 0 Å². The van der Waals surface area contributed by atoms with Crippen molar-refractivity contribution >= 4 is 0 Å². The molecule has 0 aliphatic heterocycles. The van der Waals surface area contributed by atoms with Gasteiger partial charge >= 0.3 is 0 Å². The van der Waals surface area contributed by atoms with Crippen LogP contribution in [-0.4, -0.2) is 0 Å². The average molecular weight is 202 g/mol. The second-order valence-electron chi connectivity index (χ2n) is 3.58. The van der Waals surface area contributed by atoms with E-state index in [1.54, 1.807) is 0 Å². The van der Waals surface area contributed by atoms with Crippen LogP contribution >= 0.6 is 0 Å². The minimum absolute atomic E-state index is 1.23. The van der Waals surface area contributed by atoms with Crippen LogP contribution in [0.5, 0.6) is 0 Å². The summed E-state index contributed by atoms with van der Waals surface area (Å²) in [5.74, 6) is 0. The molecule has 0 spiro atoms. The van der Waals surface area contributed by atoms with E-state index in [1.807, 2.05) is 19.1 Å². The molecule has 0 amide bonds. The Balaban J connectivity index is 5.35. The summed E-state index contributed by atoms with van der Waals surface area (Å²) < 4.78 is 0. The van der Waals surface area contributed by atoms with Crippen molar-refractivity contribution in [1.82, 2.24) is 0 Å². The summed E-state index contributed by atoms with van der Waals surface area (Å²) in [4.78, 5) is 0. The lowest BCUT2D eigenvalue weighted by atomic mass is 9.97. The van der Waals surface area contributed by atoms with Crippen LogP contribution in [0.1, 0.15) is 34.6 Å². The Morgan fingerprint density at radius 2 is 1.60 bits per heavy atom. The van der Waals surface area contributed by atoms with Gasteiger partial charge in [-0.1, -0.05) is 42.5 Å². The monoisotopic (exact) mass is 202 g/mol. The quantitative estimate of drug-likeness (QED) is 0.564. The summed E-state index contributed by atoms with van der Waals surface area (Å²) in [7, 11) is 0. The second kappa shape index (κ2) is 7.05. The number of rotatable bonds is 4. The highest BCUT2D eigenvalue weighted by atomic mass is 14.1. The third-order valence-corrected chi connectivity index (χ3v) is 2.66. The van der Waals surface area contributed by atoms with Crippen molar-refractivity contribution in [2.24, 2.45) is 0 Å². The molecule has 0 heteroatoms. The minimum Gasteiger partial charge on any atom is -0.0990 e. The summed E-state index contributed by atoms with van der Waals surface area (Å²) in [6.07, 6.45) is 10.2. The first-order valence-corrected chi connectivity index (χ1v) is 5.35. The average Bonchev–Trinajstić information content (AvgIpc) is 2.25. The molecule has 0 saturated carbocycles. The molecule has 0 aromatic rings. The van der Waals surface area contributed by atoms with E-state index in [-0.39, 0.29) is 0 Å². The van der Waals surface area contributed by atoms with Crippen LogP contribution in [0.3, 0.4) is 0 Å². The molecular formula is C15H22. The zero-order valence-corrected chi connectivity index (χ0v) is 10.6. The molecule has 0 bridgehead atoms. The van der Waals surface area contributed by atoms with E-state index in [4.69, 9.17) is 0 Å². The van der Waals surface area contributed by atoms with Gasteiger partial charge in [-0.2, -0.15) is 0 Å². The van der Waals surface area contributed by atoms with Crippen molar-refractivity contribution < 1.29 is 0 Å². The van der Waals surface area contributed by atoms with Crippen molar-refractivity contribution in [3.63, 3.8) is 0 Å². The van der Waals surface area contributed by atoms with Crippen molar-refractivity contribution in [3.8, 4) is 0 Å². The van der Waals surface area contributed by atoms with E-state index in [9.17, 15) is 0 Å². The van der Waals surface area contributed by atoms with Gasteiger partial charge in [0.25, 0.3) is 0 Å². The third kappa shape index (κ3) is 4.16. The third-order valence-electron chi connectivity index (χ3n) is 2.66. The largest absolute Gasteiger partial charge is 0.0990 e. The summed E-state index contributed by atoms with van der Waals surface area (Å²) >= 11 is 0. The van der Waals surface area contributed by atoms with Crippen molar-refractivity contribution in [3.05, 3.63) is 59.3 Å². The summed E-state index contributed by atoms with van der Waals surface area (Å²) in [5.41, 5.74) is 5.20. The van der Waals surface area contributed by atoms with Gasteiger partial charge in [-0.05, 0) is 51.3 Å². The molecule has 82 valence electrons. The highest BCUT2D eigenvalue weighted by Gasteiger charge is 2.01. The zero-order valence-electron chi connectivity index (χ0n) is 10.6. The van der Waals surface area contributed by atoms with Crippen LogP contribution in [0.2, 0.25) is 0 Å². The molecule has 0 aromatic heterocycles. The molecule has 0 aliphatic carbocycles. The molecule has 0 heterocycles. The van der Waals surface area contributed by atoms with Crippen LogP contribution in [-0.2, 0) is 0 Å². The van der Waals surface area contributed by atoms with Gasteiger partial charge in [-0.3, -0.25) is 0 Å². The lowest BCUT2D eigenvalue weighted by molar-refractivity contribution is 1.24. The van der Waals surface area contributed by atoms with Crippen molar-refractivity contribution in [1.29, 1.82) is 0 Å². The summed E-state index contributed by atoms with van der Waals surface area (Å²) in [6, 6.07) is 0. The van der Waals surface area contributed by atoms with Crippen LogP contribution in [0, 0.1) is 0 Å². The van der Waals surface area contributed by atoms with Crippen LogP contribution < -0.4 is 0 Å². The topological polar surface area (TPSA) is 0 Å². The Labute approximate surface area is 94.4 Å². The number of hydrogen-bond acceptors (Lipinski definition) is 0. The SMILES string of the molecule is C=C/C=C(/C=C\C)C(\C)=C(C)\C(C)=C\C. The highest BCUT2D eigenvalue weighted by Crippen LogP contribution is 2.21. The summed E-state index contributed by atoms with van der Waals surface area (Å²) in [6.45, 7) is 14.3. The van der Waals surface area contributed by atoms with Crippen LogP contribution in [0.4, 0.5) is 0 Å². The molecule has 0 N–H and O–H groups in total. The predicted molar refractivity (Wildman–Crippen MR) is 70.9 cm³/mol. The van der Waals surface area contributed by atoms with Gasteiger partial charge in [0.1, 0.15) is 0 Å². The maximum Gasteiger partial charge on any atom is -0.0228 e. The highest BCUT2D eigenvalue weighted by molar-refractivity contribution is 5.47. The predicted octanol–water partition coefficient (Wildman–Crippen LogP) is 4.98. The van der Waals surface area contributed by atoms with Crippen molar-refractivity contribution in [2.75, 3.05) is 0 Å². The standard InChI is InChI=1S/C15H22/c1-7-10-15(11-8-2)14(6)13(5)12(4)9-3/h7-11H,1H2,2-6H3/b11-8-,12-9+,14-13+,15-10-. The first-order valence-electron chi connectivity index (χ1n) is 5.35. The number of allylic oxidation sites excluding steroid dienone is 9. The molecule has 0 nitrogen and oxygen atoms in total. The van der Waals surface area contributed by atoms with Gasteiger partial charge in [-0.15, -0.1) is 0 Å². The molecule has 0 unspecified atom stereocenters. The molecule has 0 rings (SSSR count). The minimum atomic E-state index is 1.23. The van der Waals surface area contributed by atoms with E-state index in [1.165, 1.54) is 22.3 Å². The fraction of sp³-hybridized carbons (Fsp3) is 0.333. The summed E-state index contributed by atoms with van der Waals surface area (Å²) in [5, 5.41) is 0. The van der Waals surface area contributed by atoms with E-state index < -0.39 is 0 Å². The lowest BCUT2D eigenvalue weighted by Crippen LogP contribution is -1.89. The molecule has 15 heavy (non-hydrogen) atoms. The molecule has 0 radical (unpaired) electrons. The zero-order chi connectivity index (χ0) is 11.8. The molecule has 0 aliphatic rings. The molecule has 0 atom stereocenters. The Bertz CT molecular complexity index is 333. The van der Waals surface area contributed by atoms with E-state index in [0.717, 1.165) is 0 Å². The Morgan fingerprint density at radius 1 is 1.00 bits per heavy atom. The lowest BCUT2D eigenvalue weighted by Gasteiger charge is -2.09. The van der Waals surface area contributed by atoms with Crippen molar-refractivity contribution in [2.45, 2.75) is 34.6 Å². The van der Waals surface area contributed by atoms with Gasteiger partial charge in [0.15, 0.2) is 0 Å². The molecule has 0 aromatic carbocycles. The maximum absolute atomic E-state index is 3.74.